The van der Waals surface area contributed by atoms with Gasteiger partial charge in [0.2, 0.25) is 5.91 Å². The third-order valence-corrected chi connectivity index (χ3v) is 4.89. The first-order valence-electron chi connectivity index (χ1n) is 8.69. The summed E-state index contributed by atoms with van der Waals surface area (Å²) in [7, 11) is 0. The van der Waals surface area contributed by atoms with E-state index in [9.17, 15) is 4.79 Å². The Bertz CT molecular complexity index is 907. The zero-order valence-electron chi connectivity index (χ0n) is 14.5. The molecule has 2 aromatic carbocycles. The molecular weight excluding hydrogens is 310 g/mol. The number of benzene rings is 2. The van der Waals surface area contributed by atoms with E-state index in [0.717, 1.165) is 29.1 Å². The normalized spacial score (nSPS) is 16.4. The van der Waals surface area contributed by atoms with Gasteiger partial charge in [0, 0.05) is 17.9 Å². The maximum Gasteiger partial charge on any atom is 0.226 e. The average Bonchev–Trinajstić information content (AvgIpc) is 3.05. The SMILES string of the molecule is CCc1ccc([C@H]2CC(=O)Nc3c2cnn3-c2ccc(C)cc2)cc1. The van der Waals surface area contributed by atoms with Gasteiger partial charge in [-0.15, -0.1) is 0 Å². The third kappa shape index (κ3) is 2.84. The molecule has 0 bridgehead atoms. The Hall–Kier alpha value is -2.88. The van der Waals surface area contributed by atoms with E-state index in [2.05, 4.69) is 60.7 Å². The first-order valence-corrected chi connectivity index (χ1v) is 8.69. The van der Waals surface area contributed by atoms with Crippen molar-refractivity contribution in [3.63, 3.8) is 0 Å². The molecule has 1 atom stereocenters. The van der Waals surface area contributed by atoms with Crippen LogP contribution in [0, 0.1) is 6.92 Å². The highest BCUT2D eigenvalue weighted by molar-refractivity contribution is 5.94. The lowest BCUT2D eigenvalue weighted by Gasteiger charge is -2.24. The number of rotatable bonds is 3. The van der Waals surface area contributed by atoms with E-state index in [4.69, 9.17) is 0 Å². The molecule has 4 nitrogen and oxygen atoms in total. The summed E-state index contributed by atoms with van der Waals surface area (Å²) < 4.78 is 1.82. The monoisotopic (exact) mass is 331 g/mol. The molecular formula is C21H21N3O. The summed E-state index contributed by atoms with van der Waals surface area (Å²) in [6.07, 6.45) is 3.35. The molecule has 126 valence electrons. The summed E-state index contributed by atoms with van der Waals surface area (Å²) in [5, 5.41) is 7.55. The van der Waals surface area contributed by atoms with E-state index < -0.39 is 0 Å². The summed E-state index contributed by atoms with van der Waals surface area (Å²) in [4.78, 5) is 12.3. The van der Waals surface area contributed by atoms with Crippen LogP contribution in [0.3, 0.4) is 0 Å². The molecule has 2 heterocycles. The van der Waals surface area contributed by atoms with E-state index in [-0.39, 0.29) is 11.8 Å². The lowest BCUT2D eigenvalue weighted by molar-refractivity contribution is -0.116. The summed E-state index contributed by atoms with van der Waals surface area (Å²) in [6, 6.07) is 16.7. The first kappa shape index (κ1) is 15.6. The zero-order valence-corrected chi connectivity index (χ0v) is 14.5. The summed E-state index contributed by atoms with van der Waals surface area (Å²) in [6.45, 7) is 4.20. The van der Waals surface area contributed by atoms with Crippen LogP contribution in [0.5, 0.6) is 0 Å². The van der Waals surface area contributed by atoms with E-state index in [1.54, 1.807) is 0 Å². The zero-order chi connectivity index (χ0) is 17.4. The fourth-order valence-electron chi connectivity index (χ4n) is 3.38. The molecule has 1 aromatic heterocycles. The molecule has 0 unspecified atom stereocenters. The Kier molecular flexibility index (Phi) is 3.88. The van der Waals surface area contributed by atoms with E-state index in [0.29, 0.717) is 6.42 Å². The molecule has 0 fully saturated rings. The second-order valence-electron chi connectivity index (χ2n) is 6.60. The van der Waals surface area contributed by atoms with Crippen LogP contribution in [-0.4, -0.2) is 15.7 Å². The molecule has 4 heteroatoms. The molecule has 0 radical (unpaired) electrons. The summed E-state index contributed by atoms with van der Waals surface area (Å²) in [5.41, 5.74) is 5.69. The van der Waals surface area contributed by atoms with Crippen molar-refractivity contribution in [3.05, 3.63) is 77.0 Å². The van der Waals surface area contributed by atoms with Crippen LogP contribution in [0.2, 0.25) is 0 Å². The second kappa shape index (κ2) is 6.20. The Morgan fingerprint density at radius 3 is 2.52 bits per heavy atom. The van der Waals surface area contributed by atoms with Crippen LogP contribution in [0.15, 0.2) is 54.7 Å². The van der Waals surface area contributed by atoms with Crippen molar-refractivity contribution in [2.24, 2.45) is 0 Å². The number of carbonyl (C=O) groups is 1. The molecule has 1 N–H and O–H groups in total. The molecule has 0 saturated heterocycles. The number of nitrogens with one attached hydrogen (secondary N) is 1. The van der Waals surface area contributed by atoms with Gasteiger partial charge in [-0.05, 0) is 36.6 Å². The third-order valence-electron chi connectivity index (χ3n) is 4.89. The largest absolute Gasteiger partial charge is 0.310 e. The average molecular weight is 331 g/mol. The molecule has 0 aliphatic carbocycles. The van der Waals surface area contributed by atoms with Gasteiger partial charge in [-0.1, -0.05) is 48.9 Å². The minimum Gasteiger partial charge on any atom is -0.310 e. The van der Waals surface area contributed by atoms with Crippen LogP contribution in [0.25, 0.3) is 5.69 Å². The van der Waals surface area contributed by atoms with Crippen molar-refractivity contribution in [3.8, 4) is 5.69 Å². The Morgan fingerprint density at radius 2 is 1.84 bits per heavy atom. The maximum atomic E-state index is 12.3. The summed E-state index contributed by atoms with van der Waals surface area (Å²) >= 11 is 0. The number of nitrogens with zero attached hydrogens (tertiary/aromatic N) is 2. The predicted octanol–water partition coefficient (Wildman–Crippen LogP) is 4.22. The van der Waals surface area contributed by atoms with Crippen LogP contribution in [0.1, 0.15) is 41.5 Å². The molecule has 25 heavy (non-hydrogen) atoms. The van der Waals surface area contributed by atoms with Gasteiger partial charge in [0.05, 0.1) is 11.9 Å². The van der Waals surface area contributed by atoms with Gasteiger partial charge in [-0.25, -0.2) is 4.68 Å². The van der Waals surface area contributed by atoms with E-state index in [1.165, 1.54) is 11.1 Å². The first-order chi connectivity index (χ1) is 12.2. The van der Waals surface area contributed by atoms with Gasteiger partial charge in [0.1, 0.15) is 5.82 Å². The summed E-state index contributed by atoms with van der Waals surface area (Å²) in [5.74, 6) is 0.865. The smallest absolute Gasteiger partial charge is 0.226 e. The van der Waals surface area contributed by atoms with Crippen molar-refractivity contribution in [2.75, 3.05) is 5.32 Å². The number of fused-ring (bicyclic) bond motifs is 1. The van der Waals surface area contributed by atoms with E-state index >= 15 is 0 Å². The highest BCUT2D eigenvalue weighted by Crippen LogP contribution is 2.38. The standard InChI is InChI=1S/C21H21N3O/c1-3-15-6-8-16(9-7-15)18-12-20(25)23-21-19(18)13-22-24(21)17-10-4-14(2)5-11-17/h4-11,13,18H,3,12H2,1-2H3,(H,23,25)/t18-/m1/s1. The minimum atomic E-state index is 0.0333. The maximum absolute atomic E-state index is 12.3. The fraction of sp³-hybridized carbons (Fsp3) is 0.238. The number of amides is 1. The van der Waals surface area contributed by atoms with Gasteiger partial charge in [0.25, 0.3) is 0 Å². The van der Waals surface area contributed by atoms with Crippen molar-refractivity contribution in [2.45, 2.75) is 32.6 Å². The van der Waals surface area contributed by atoms with Crippen molar-refractivity contribution >= 4 is 11.7 Å². The van der Waals surface area contributed by atoms with Gasteiger partial charge in [-0.2, -0.15) is 5.10 Å². The highest BCUT2D eigenvalue weighted by Gasteiger charge is 2.30. The van der Waals surface area contributed by atoms with Gasteiger partial charge in [0.15, 0.2) is 0 Å². The molecule has 0 saturated carbocycles. The second-order valence-corrected chi connectivity index (χ2v) is 6.60. The fourth-order valence-corrected chi connectivity index (χ4v) is 3.38. The predicted molar refractivity (Wildman–Crippen MR) is 99.2 cm³/mol. The van der Waals surface area contributed by atoms with Crippen LogP contribution >= 0.6 is 0 Å². The van der Waals surface area contributed by atoms with Crippen LogP contribution in [-0.2, 0) is 11.2 Å². The molecule has 3 aromatic rings. The molecule has 4 rings (SSSR count). The number of hydrogen-bond acceptors (Lipinski definition) is 2. The van der Waals surface area contributed by atoms with Crippen LogP contribution in [0.4, 0.5) is 5.82 Å². The molecule has 0 spiro atoms. The topological polar surface area (TPSA) is 46.9 Å². The Morgan fingerprint density at radius 1 is 1.12 bits per heavy atom. The number of hydrogen-bond donors (Lipinski definition) is 1. The highest BCUT2D eigenvalue weighted by atomic mass is 16.1. The van der Waals surface area contributed by atoms with Crippen molar-refractivity contribution < 1.29 is 4.79 Å². The Balaban J connectivity index is 1.76. The molecule has 1 aliphatic heterocycles. The number of aromatic nitrogens is 2. The molecule has 1 amide bonds. The van der Waals surface area contributed by atoms with Gasteiger partial charge >= 0.3 is 0 Å². The Labute approximate surface area is 147 Å². The molecule has 1 aliphatic rings. The minimum absolute atomic E-state index is 0.0333. The lowest BCUT2D eigenvalue weighted by atomic mass is 9.87. The number of carbonyl (C=O) groups excluding carboxylic acids is 1. The van der Waals surface area contributed by atoms with Crippen molar-refractivity contribution in [1.82, 2.24) is 9.78 Å². The quantitative estimate of drug-likeness (QED) is 0.781. The van der Waals surface area contributed by atoms with Gasteiger partial charge < -0.3 is 5.32 Å². The number of aryl methyl sites for hydroxylation is 2. The van der Waals surface area contributed by atoms with Gasteiger partial charge in [-0.3, -0.25) is 4.79 Å². The van der Waals surface area contributed by atoms with Crippen molar-refractivity contribution in [1.29, 1.82) is 0 Å². The van der Waals surface area contributed by atoms with Crippen LogP contribution < -0.4 is 5.32 Å². The van der Waals surface area contributed by atoms with E-state index in [1.807, 2.05) is 23.0 Å². The number of anilines is 1. The lowest BCUT2D eigenvalue weighted by Crippen LogP contribution is -2.24.